The van der Waals surface area contributed by atoms with Crippen LogP contribution in [0.25, 0.3) is 0 Å². The van der Waals surface area contributed by atoms with E-state index in [9.17, 15) is 10.2 Å². The Bertz CT molecular complexity index is 485. The van der Waals surface area contributed by atoms with Gasteiger partial charge < -0.3 is 15.5 Å². The van der Waals surface area contributed by atoms with E-state index in [0.717, 1.165) is 31.2 Å². The lowest BCUT2D eigenvalue weighted by molar-refractivity contribution is -0.00803. The average Bonchev–Trinajstić information content (AvgIpc) is 2.50. The molecule has 1 fully saturated rings. The van der Waals surface area contributed by atoms with Gasteiger partial charge in [-0.3, -0.25) is 0 Å². The molecule has 0 amide bonds. The molecule has 1 aliphatic carbocycles. The number of aliphatic hydroxyl groups is 2. The highest BCUT2D eigenvalue weighted by Crippen LogP contribution is 2.31. The van der Waals surface area contributed by atoms with Crippen LogP contribution in [0.1, 0.15) is 49.8 Å². The van der Waals surface area contributed by atoms with E-state index in [1.165, 1.54) is 0 Å². The zero-order valence-electron chi connectivity index (χ0n) is 12.5. The lowest BCUT2D eigenvalue weighted by atomic mass is 9.79. The van der Waals surface area contributed by atoms with Crippen molar-refractivity contribution < 1.29 is 10.2 Å². The molecule has 1 saturated carbocycles. The normalized spacial score (nSPS) is 27.0. The van der Waals surface area contributed by atoms with Gasteiger partial charge in [0, 0.05) is 13.1 Å². The Kier molecular flexibility index (Phi) is 5.35. The Morgan fingerprint density at radius 2 is 1.95 bits per heavy atom. The summed E-state index contributed by atoms with van der Waals surface area (Å²) in [6.07, 6.45) is 3.17. The molecule has 114 valence electrons. The van der Waals surface area contributed by atoms with Crippen LogP contribution >= 0.6 is 0 Å². The summed E-state index contributed by atoms with van der Waals surface area (Å²) >= 11 is 0. The van der Waals surface area contributed by atoms with Crippen molar-refractivity contribution in [1.29, 1.82) is 5.26 Å². The quantitative estimate of drug-likeness (QED) is 0.775. The fraction of sp³-hybridized carbons (Fsp3) is 0.588. The van der Waals surface area contributed by atoms with Gasteiger partial charge in [-0.2, -0.15) is 5.26 Å². The largest absolute Gasteiger partial charge is 0.389 e. The molecule has 0 spiro atoms. The number of nitriles is 1. The Morgan fingerprint density at radius 1 is 1.33 bits per heavy atom. The van der Waals surface area contributed by atoms with Crippen molar-refractivity contribution in [2.24, 2.45) is 5.92 Å². The zero-order chi connectivity index (χ0) is 15.3. The van der Waals surface area contributed by atoms with Crippen molar-refractivity contribution >= 4 is 0 Å². The molecule has 0 saturated heterocycles. The van der Waals surface area contributed by atoms with Gasteiger partial charge in [0.15, 0.2) is 0 Å². The van der Waals surface area contributed by atoms with Gasteiger partial charge >= 0.3 is 0 Å². The summed E-state index contributed by atoms with van der Waals surface area (Å²) in [5, 5.41) is 32.5. The number of hydrogen-bond donors (Lipinski definition) is 3. The van der Waals surface area contributed by atoms with Crippen LogP contribution in [-0.4, -0.2) is 28.9 Å². The fourth-order valence-corrected chi connectivity index (χ4v) is 2.82. The highest BCUT2D eigenvalue weighted by atomic mass is 16.3. The van der Waals surface area contributed by atoms with Crippen LogP contribution in [0.4, 0.5) is 0 Å². The van der Waals surface area contributed by atoms with Crippen molar-refractivity contribution in [1.82, 2.24) is 5.32 Å². The number of nitrogens with zero attached hydrogens (tertiary/aromatic N) is 1. The van der Waals surface area contributed by atoms with Gasteiger partial charge in [0.1, 0.15) is 0 Å². The fourth-order valence-electron chi connectivity index (χ4n) is 2.82. The predicted molar refractivity (Wildman–Crippen MR) is 81.6 cm³/mol. The van der Waals surface area contributed by atoms with Crippen LogP contribution in [0.3, 0.4) is 0 Å². The van der Waals surface area contributed by atoms with Gasteiger partial charge in [0.2, 0.25) is 0 Å². The number of benzene rings is 1. The number of hydrogen-bond acceptors (Lipinski definition) is 4. The van der Waals surface area contributed by atoms with Crippen LogP contribution < -0.4 is 5.32 Å². The smallest absolute Gasteiger partial charge is 0.0991 e. The van der Waals surface area contributed by atoms with Crippen LogP contribution in [0.15, 0.2) is 24.3 Å². The van der Waals surface area contributed by atoms with Gasteiger partial charge in [-0.1, -0.05) is 19.1 Å². The summed E-state index contributed by atoms with van der Waals surface area (Å²) in [6, 6.07) is 8.99. The zero-order valence-corrected chi connectivity index (χ0v) is 12.5. The predicted octanol–water partition coefficient (Wildman–Crippen LogP) is 2.12. The standard InChI is InChI=1S/C17H24N2O2/c1-13-6-8-17(21,9-7-13)12-19-11-16(20)15-4-2-14(10-18)3-5-15/h2-5,13,16,19-21H,6-9,11-12H2,1H3. The van der Waals surface area contributed by atoms with Gasteiger partial charge in [0.25, 0.3) is 0 Å². The maximum absolute atomic E-state index is 10.5. The molecule has 1 unspecified atom stereocenters. The van der Waals surface area contributed by atoms with Gasteiger partial charge in [-0.05, 0) is 49.3 Å². The van der Waals surface area contributed by atoms with Crippen LogP contribution in [-0.2, 0) is 0 Å². The highest BCUT2D eigenvalue weighted by Gasteiger charge is 2.31. The van der Waals surface area contributed by atoms with E-state index < -0.39 is 11.7 Å². The molecule has 1 aromatic rings. The first-order chi connectivity index (χ1) is 10.0. The monoisotopic (exact) mass is 288 g/mol. The average molecular weight is 288 g/mol. The number of rotatable bonds is 5. The molecule has 4 heteroatoms. The summed E-state index contributed by atoms with van der Waals surface area (Å²) in [7, 11) is 0. The molecular weight excluding hydrogens is 264 g/mol. The molecule has 0 aromatic heterocycles. The molecule has 1 atom stereocenters. The molecule has 3 N–H and O–H groups in total. The van der Waals surface area contributed by atoms with Crippen molar-refractivity contribution in [3.05, 3.63) is 35.4 Å². The Morgan fingerprint density at radius 3 is 2.52 bits per heavy atom. The lowest BCUT2D eigenvalue weighted by Crippen LogP contribution is -2.44. The molecule has 21 heavy (non-hydrogen) atoms. The van der Waals surface area contributed by atoms with E-state index in [0.29, 0.717) is 24.6 Å². The summed E-state index contributed by atoms with van der Waals surface area (Å²) in [5.41, 5.74) is 0.743. The van der Waals surface area contributed by atoms with Crippen molar-refractivity contribution in [3.63, 3.8) is 0 Å². The van der Waals surface area contributed by atoms with Gasteiger partial charge in [0.05, 0.1) is 23.3 Å². The second-order valence-electron chi connectivity index (χ2n) is 6.29. The SMILES string of the molecule is CC1CCC(O)(CNCC(O)c2ccc(C#N)cc2)CC1. The Balaban J connectivity index is 1.78. The molecular formula is C17H24N2O2. The molecule has 0 radical (unpaired) electrons. The Labute approximate surface area is 126 Å². The first kappa shape index (κ1) is 16.0. The van der Waals surface area contributed by atoms with Crippen LogP contribution in [0, 0.1) is 17.2 Å². The molecule has 1 aromatic carbocycles. The van der Waals surface area contributed by atoms with Crippen molar-refractivity contribution in [2.75, 3.05) is 13.1 Å². The molecule has 4 nitrogen and oxygen atoms in total. The van der Waals surface area contributed by atoms with Crippen LogP contribution in [0.5, 0.6) is 0 Å². The van der Waals surface area contributed by atoms with E-state index in [1.54, 1.807) is 24.3 Å². The van der Waals surface area contributed by atoms with E-state index in [1.807, 2.05) is 0 Å². The molecule has 2 rings (SSSR count). The van der Waals surface area contributed by atoms with E-state index in [-0.39, 0.29) is 0 Å². The second kappa shape index (κ2) is 7.04. The van der Waals surface area contributed by atoms with Crippen molar-refractivity contribution in [2.45, 2.75) is 44.3 Å². The molecule has 0 heterocycles. The lowest BCUT2D eigenvalue weighted by Gasteiger charge is -2.35. The first-order valence-corrected chi connectivity index (χ1v) is 7.64. The number of nitrogens with one attached hydrogen (secondary N) is 1. The highest BCUT2D eigenvalue weighted by molar-refractivity contribution is 5.32. The van der Waals surface area contributed by atoms with Gasteiger partial charge in [-0.25, -0.2) is 0 Å². The van der Waals surface area contributed by atoms with Gasteiger partial charge in [-0.15, -0.1) is 0 Å². The van der Waals surface area contributed by atoms with Crippen molar-refractivity contribution in [3.8, 4) is 6.07 Å². The third-order valence-corrected chi connectivity index (χ3v) is 4.42. The third-order valence-electron chi connectivity index (χ3n) is 4.42. The third kappa shape index (κ3) is 4.53. The molecule has 0 aliphatic heterocycles. The summed E-state index contributed by atoms with van der Waals surface area (Å²) in [5.74, 6) is 0.703. The van der Waals surface area contributed by atoms with E-state index >= 15 is 0 Å². The van der Waals surface area contributed by atoms with E-state index in [4.69, 9.17) is 5.26 Å². The maximum atomic E-state index is 10.5. The topological polar surface area (TPSA) is 76.3 Å². The Hall–Kier alpha value is -1.41. The summed E-state index contributed by atoms with van der Waals surface area (Å²) in [6.45, 7) is 3.15. The van der Waals surface area contributed by atoms with Crippen LogP contribution in [0.2, 0.25) is 0 Å². The van der Waals surface area contributed by atoms with E-state index in [2.05, 4.69) is 18.3 Å². The minimum Gasteiger partial charge on any atom is -0.389 e. The second-order valence-corrected chi connectivity index (χ2v) is 6.29. The summed E-state index contributed by atoms with van der Waals surface area (Å²) < 4.78 is 0. The first-order valence-electron chi connectivity index (χ1n) is 7.64. The molecule has 1 aliphatic rings. The maximum Gasteiger partial charge on any atom is 0.0991 e. The summed E-state index contributed by atoms with van der Waals surface area (Å²) in [4.78, 5) is 0. The minimum atomic E-state index is -0.628. The number of aliphatic hydroxyl groups excluding tert-OH is 1. The molecule has 0 bridgehead atoms. The minimum absolute atomic E-state index is 0.407.